The van der Waals surface area contributed by atoms with Crippen LogP contribution in [0.15, 0.2) is 0 Å². The van der Waals surface area contributed by atoms with Gasteiger partial charge in [-0.05, 0) is 40.0 Å². The molecule has 2 aliphatic rings. The lowest BCUT2D eigenvalue weighted by Crippen LogP contribution is -2.44. The maximum atomic E-state index is 12.0. The number of carbonyl (C=O) groups is 2. The fourth-order valence-corrected chi connectivity index (χ4v) is 2.63. The largest absolute Gasteiger partial charge is 0.481 e. The lowest BCUT2D eigenvalue weighted by molar-refractivity contribution is -0.142. The van der Waals surface area contributed by atoms with Crippen molar-refractivity contribution in [3.63, 3.8) is 0 Å². The first-order valence-electron chi connectivity index (χ1n) is 6.00. The third kappa shape index (κ3) is 2.10. The average Bonchev–Trinajstić information content (AvgIpc) is 2.75. The molecule has 1 spiro atoms. The van der Waals surface area contributed by atoms with Crippen molar-refractivity contribution in [2.24, 2.45) is 5.92 Å². The molecule has 5 nitrogen and oxygen atoms in total. The normalized spacial score (nSPS) is 26.1. The number of hydrogen-bond acceptors (Lipinski definition) is 3. The Bertz CT molecular complexity index is 354. The Kier molecular flexibility index (Phi) is 2.60. The number of ether oxygens (including phenoxy) is 1. The fourth-order valence-electron chi connectivity index (χ4n) is 2.63. The van der Waals surface area contributed by atoms with E-state index in [9.17, 15) is 9.59 Å². The molecule has 1 saturated carbocycles. The molecule has 0 aromatic rings. The zero-order valence-electron chi connectivity index (χ0n) is 10.5. The van der Waals surface area contributed by atoms with Crippen LogP contribution < -0.4 is 0 Å². The molecule has 1 atom stereocenters. The van der Waals surface area contributed by atoms with E-state index in [1.165, 1.54) is 0 Å². The number of carboxylic acid groups (broad SMARTS) is 1. The smallest absolute Gasteiger partial charge is 0.410 e. The first kappa shape index (κ1) is 12.2. The third-order valence-electron chi connectivity index (χ3n) is 3.50. The summed E-state index contributed by atoms with van der Waals surface area (Å²) in [6.45, 7) is 5.94. The summed E-state index contributed by atoms with van der Waals surface area (Å²) >= 11 is 0. The monoisotopic (exact) mass is 241 g/mol. The summed E-state index contributed by atoms with van der Waals surface area (Å²) in [7, 11) is 0. The highest BCUT2D eigenvalue weighted by Crippen LogP contribution is 2.53. The van der Waals surface area contributed by atoms with Crippen LogP contribution in [0, 0.1) is 5.92 Å². The second-order valence-corrected chi connectivity index (χ2v) is 5.92. The van der Waals surface area contributed by atoms with Gasteiger partial charge in [0, 0.05) is 6.54 Å². The SMILES string of the molecule is CC(C)(C)OC(=O)N1CCC(C(=O)O)C12CC2. The van der Waals surface area contributed by atoms with Gasteiger partial charge in [-0.2, -0.15) is 0 Å². The summed E-state index contributed by atoms with van der Waals surface area (Å²) in [5.41, 5.74) is -0.983. The molecule has 1 saturated heterocycles. The Morgan fingerprint density at radius 2 is 1.94 bits per heavy atom. The van der Waals surface area contributed by atoms with Crippen molar-refractivity contribution < 1.29 is 19.4 Å². The highest BCUT2D eigenvalue weighted by atomic mass is 16.6. The van der Waals surface area contributed by atoms with E-state index in [2.05, 4.69) is 0 Å². The van der Waals surface area contributed by atoms with Gasteiger partial charge in [0.25, 0.3) is 0 Å². The van der Waals surface area contributed by atoms with Gasteiger partial charge in [-0.3, -0.25) is 4.79 Å². The second kappa shape index (κ2) is 3.62. The molecule has 0 bridgehead atoms. The van der Waals surface area contributed by atoms with Crippen LogP contribution >= 0.6 is 0 Å². The number of carbonyl (C=O) groups excluding carboxylic acids is 1. The van der Waals surface area contributed by atoms with Gasteiger partial charge < -0.3 is 14.7 Å². The molecule has 5 heteroatoms. The van der Waals surface area contributed by atoms with Gasteiger partial charge in [0.05, 0.1) is 11.5 Å². The molecule has 0 radical (unpaired) electrons. The van der Waals surface area contributed by atoms with Gasteiger partial charge in [0.15, 0.2) is 0 Å². The Morgan fingerprint density at radius 3 is 2.35 bits per heavy atom. The molecule has 17 heavy (non-hydrogen) atoms. The summed E-state index contributed by atoms with van der Waals surface area (Å²) in [6, 6.07) is 0. The van der Waals surface area contributed by atoms with Crippen molar-refractivity contribution in [2.45, 2.75) is 51.2 Å². The molecule has 1 amide bonds. The molecule has 96 valence electrons. The maximum absolute atomic E-state index is 12.0. The predicted molar refractivity (Wildman–Crippen MR) is 60.6 cm³/mol. The zero-order chi connectivity index (χ0) is 12.8. The van der Waals surface area contributed by atoms with Crippen molar-refractivity contribution in [3.8, 4) is 0 Å². The van der Waals surface area contributed by atoms with E-state index < -0.39 is 23.0 Å². The molecular weight excluding hydrogens is 222 g/mol. The number of likely N-dealkylation sites (tertiary alicyclic amines) is 1. The van der Waals surface area contributed by atoms with Gasteiger partial charge in [-0.1, -0.05) is 0 Å². The summed E-state index contributed by atoms with van der Waals surface area (Å²) < 4.78 is 5.32. The minimum atomic E-state index is -0.798. The Morgan fingerprint density at radius 1 is 1.35 bits per heavy atom. The van der Waals surface area contributed by atoms with Gasteiger partial charge >= 0.3 is 12.1 Å². The number of amides is 1. The van der Waals surface area contributed by atoms with Crippen LogP contribution in [0.5, 0.6) is 0 Å². The van der Waals surface area contributed by atoms with E-state index in [0.717, 1.165) is 12.8 Å². The summed E-state index contributed by atoms with van der Waals surface area (Å²) in [5, 5.41) is 9.14. The van der Waals surface area contributed by atoms with Crippen molar-refractivity contribution in [3.05, 3.63) is 0 Å². The van der Waals surface area contributed by atoms with Crippen molar-refractivity contribution >= 4 is 12.1 Å². The molecule has 1 aliphatic heterocycles. The molecule has 2 fully saturated rings. The molecule has 1 heterocycles. The van der Waals surface area contributed by atoms with E-state index in [1.54, 1.807) is 4.90 Å². The van der Waals surface area contributed by atoms with E-state index >= 15 is 0 Å². The maximum Gasteiger partial charge on any atom is 0.410 e. The highest BCUT2D eigenvalue weighted by Gasteiger charge is 2.62. The Balaban J connectivity index is 2.09. The minimum absolute atomic E-state index is 0.376. The van der Waals surface area contributed by atoms with Crippen molar-refractivity contribution in [2.75, 3.05) is 6.54 Å². The summed E-state index contributed by atoms with van der Waals surface area (Å²) in [6.07, 6.45) is 1.72. The topological polar surface area (TPSA) is 66.8 Å². The van der Waals surface area contributed by atoms with Gasteiger partial charge in [-0.15, -0.1) is 0 Å². The van der Waals surface area contributed by atoms with Gasteiger partial charge in [0.1, 0.15) is 5.60 Å². The van der Waals surface area contributed by atoms with E-state index in [0.29, 0.717) is 13.0 Å². The van der Waals surface area contributed by atoms with Crippen molar-refractivity contribution in [1.82, 2.24) is 4.90 Å². The number of rotatable bonds is 1. The van der Waals surface area contributed by atoms with Crippen LogP contribution in [0.2, 0.25) is 0 Å². The highest BCUT2D eigenvalue weighted by molar-refractivity contribution is 5.78. The predicted octanol–water partition coefficient (Wildman–Crippen LogP) is 1.86. The standard InChI is InChI=1S/C12H19NO4/c1-11(2,3)17-10(16)13-7-4-8(9(14)15)12(13)5-6-12/h8H,4-7H2,1-3H3,(H,14,15). The molecule has 1 unspecified atom stereocenters. The van der Waals surface area contributed by atoms with Crippen LogP contribution in [0.4, 0.5) is 4.79 Å². The first-order chi connectivity index (χ1) is 7.76. The van der Waals surface area contributed by atoms with Crippen molar-refractivity contribution in [1.29, 1.82) is 0 Å². The van der Waals surface area contributed by atoms with Crippen LogP contribution in [-0.2, 0) is 9.53 Å². The van der Waals surface area contributed by atoms with Gasteiger partial charge in [0.2, 0.25) is 0 Å². The minimum Gasteiger partial charge on any atom is -0.481 e. The summed E-state index contributed by atoms with van der Waals surface area (Å²) in [4.78, 5) is 24.7. The fraction of sp³-hybridized carbons (Fsp3) is 0.833. The first-order valence-corrected chi connectivity index (χ1v) is 6.00. The van der Waals surface area contributed by atoms with Crippen LogP contribution in [0.1, 0.15) is 40.0 Å². The second-order valence-electron chi connectivity index (χ2n) is 5.92. The number of carboxylic acids is 1. The van der Waals surface area contributed by atoms with Crippen LogP contribution in [0.25, 0.3) is 0 Å². The Hall–Kier alpha value is -1.26. The lowest BCUT2D eigenvalue weighted by atomic mass is 9.98. The van der Waals surface area contributed by atoms with Crippen LogP contribution in [-0.4, -0.2) is 39.8 Å². The summed E-state index contributed by atoms with van der Waals surface area (Å²) in [5.74, 6) is -1.22. The molecule has 0 aromatic heterocycles. The molecule has 1 aliphatic carbocycles. The molecule has 2 rings (SSSR count). The quantitative estimate of drug-likeness (QED) is 0.761. The average molecular weight is 241 g/mol. The molecule has 0 aromatic carbocycles. The van der Waals surface area contributed by atoms with E-state index in [1.807, 2.05) is 20.8 Å². The van der Waals surface area contributed by atoms with E-state index in [-0.39, 0.29) is 6.09 Å². The van der Waals surface area contributed by atoms with E-state index in [4.69, 9.17) is 9.84 Å². The number of hydrogen-bond donors (Lipinski definition) is 1. The van der Waals surface area contributed by atoms with Crippen LogP contribution in [0.3, 0.4) is 0 Å². The molecule has 1 N–H and O–H groups in total. The third-order valence-corrected chi connectivity index (χ3v) is 3.50. The molecular formula is C12H19NO4. The number of nitrogens with zero attached hydrogens (tertiary/aromatic N) is 1. The number of aliphatic carboxylic acids is 1. The van der Waals surface area contributed by atoms with Gasteiger partial charge in [-0.25, -0.2) is 4.79 Å². The lowest BCUT2D eigenvalue weighted by Gasteiger charge is -2.29. The zero-order valence-corrected chi connectivity index (χ0v) is 10.5. The Labute approximate surface area is 101 Å².